The van der Waals surface area contributed by atoms with Crippen molar-refractivity contribution in [1.82, 2.24) is 9.97 Å². The Labute approximate surface area is 152 Å². The molecule has 0 atom stereocenters. The van der Waals surface area contributed by atoms with E-state index in [0.29, 0.717) is 6.61 Å². The van der Waals surface area contributed by atoms with Gasteiger partial charge in [0.25, 0.3) is 0 Å². The van der Waals surface area contributed by atoms with E-state index in [1.54, 1.807) is 0 Å². The van der Waals surface area contributed by atoms with Crippen molar-refractivity contribution < 1.29 is 9.13 Å². The Kier molecular flexibility index (Phi) is 5.31. The van der Waals surface area contributed by atoms with Crippen molar-refractivity contribution in [3.8, 4) is 6.01 Å². The van der Waals surface area contributed by atoms with Crippen LogP contribution in [-0.4, -0.2) is 9.97 Å². The Balaban J connectivity index is 1.67. The van der Waals surface area contributed by atoms with Crippen LogP contribution in [0.1, 0.15) is 22.3 Å². The van der Waals surface area contributed by atoms with E-state index in [0.717, 1.165) is 28.6 Å². The first-order valence-electron chi connectivity index (χ1n) is 8.31. The lowest BCUT2D eigenvalue weighted by atomic mass is 10.1. The van der Waals surface area contributed by atoms with Crippen molar-refractivity contribution in [2.24, 2.45) is 0 Å². The molecule has 2 N–H and O–H groups in total. The second kappa shape index (κ2) is 7.82. The molecule has 1 heterocycles. The maximum atomic E-state index is 14.0. The third kappa shape index (κ3) is 4.47. The quantitative estimate of drug-likeness (QED) is 0.637. The number of hydrogen-bond donors (Lipinski definition) is 2. The number of hydrogen-bond acceptors (Lipinski definition) is 5. The van der Waals surface area contributed by atoms with E-state index < -0.39 is 5.82 Å². The number of nitrogens with one attached hydrogen (secondary N) is 2. The molecule has 0 fully saturated rings. The molecule has 2 aromatic carbocycles. The van der Waals surface area contributed by atoms with Gasteiger partial charge in [-0.3, -0.25) is 10.9 Å². The highest BCUT2D eigenvalue weighted by atomic mass is 19.1. The molecule has 0 aliphatic carbocycles. The summed E-state index contributed by atoms with van der Waals surface area (Å²) in [7, 11) is 0. The minimum Gasteiger partial charge on any atom is -0.459 e. The summed E-state index contributed by atoms with van der Waals surface area (Å²) in [5.41, 5.74) is 10.9. The molecule has 0 bridgehead atoms. The zero-order valence-electron chi connectivity index (χ0n) is 15.0. The Morgan fingerprint density at radius 2 is 1.69 bits per heavy atom. The Morgan fingerprint density at radius 1 is 0.962 bits per heavy atom. The number of rotatable bonds is 6. The maximum Gasteiger partial charge on any atom is 0.318 e. The lowest BCUT2D eigenvalue weighted by molar-refractivity contribution is 0.280. The van der Waals surface area contributed by atoms with Gasteiger partial charge >= 0.3 is 6.01 Å². The number of aromatic nitrogens is 2. The summed E-state index contributed by atoms with van der Waals surface area (Å²) in [6, 6.07) is 14.0. The van der Waals surface area contributed by atoms with Crippen LogP contribution in [0.3, 0.4) is 0 Å². The maximum absolute atomic E-state index is 14.0. The van der Waals surface area contributed by atoms with Gasteiger partial charge in [-0.2, -0.15) is 4.98 Å². The van der Waals surface area contributed by atoms with Gasteiger partial charge in [0.1, 0.15) is 6.61 Å². The van der Waals surface area contributed by atoms with Crippen LogP contribution in [0, 0.1) is 26.6 Å². The second-order valence-electron chi connectivity index (χ2n) is 6.19. The third-order valence-electron chi connectivity index (χ3n) is 3.92. The van der Waals surface area contributed by atoms with Crippen LogP contribution in [0.5, 0.6) is 6.01 Å². The molecule has 0 saturated heterocycles. The fourth-order valence-electron chi connectivity index (χ4n) is 2.34. The third-order valence-corrected chi connectivity index (χ3v) is 3.92. The normalized spacial score (nSPS) is 10.5. The van der Waals surface area contributed by atoms with Gasteiger partial charge in [0.15, 0.2) is 11.6 Å². The van der Waals surface area contributed by atoms with Gasteiger partial charge in [0, 0.05) is 0 Å². The molecule has 0 saturated carbocycles. The molecule has 1 aromatic heterocycles. The van der Waals surface area contributed by atoms with Crippen LogP contribution in [0.4, 0.5) is 15.9 Å². The fourth-order valence-corrected chi connectivity index (χ4v) is 2.34. The zero-order chi connectivity index (χ0) is 18.5. The van der Waals surface area contributed by atoms with Crippen LogP contribution in [0.25, 0.3) is 0 Å². The van der Waals surface area contributed by atoms with Crippen LogP contribution in [0.15, 0.2) is 48.7 Å². The minimum absolute atomic E-state index is 0.0276. The molecular weight excluding hydrogens is 331 g/mol. The van der Waals surface area contributed by atoms with E-state index in [4.69, 9.17) is 4.74 Å². The first-order valence-corrected chi connectivity index (χ1v) is 8.31. The Morgan fingerprint density at radius 3 is 2.46 bits per heavy atom. The van der Waals surface area contributed by atoms with Crippen molar-refractivity contribution in [2.45, 2.75) is 27.4 Å². The van der Waals surface area contributed by atoms with Gasteiger partial charge < -0.3 is 4.74 Å². The first kappa shape index (κ1) is 17.7. The Hall–Kier alpha value is -3.15. The summed E-state index contributed by atoms with van der Waals surface area (Å²) >= 11 is 0. The van der Waals surface area contributed by atoms with E-state index in [1.807, 2.05) is 63.2 Å². The van der Waals surface area contributed by atoms with Crippen LogP contribution >= 0.6 is 0 Å². The topological polar surface area (TPSA) is 59.1 Å². The summed E-state index contributed by atoms with van der Waals surface area (Å²) in [4.78, 5) is 7.97. The van der Waals surface area contributed by atoms with Crippen molar-refractivity contribution in [2.75, 3.05) is 10.9 Å². The van der Waals surface area contributed by atoms with Crippen molar-refractivity contribution in [3.63, 3.8) is 0 Å². The molecule has 3 aromatic rings. The highest BCUT2D eigenvalue weighted by molar-refractivity contribution is 5.56. The first-order chi connectivity index (χ1) is 12.5. The molecule has 0 amide bonds. The van der Waals surface area contributed by atoms with Gasteiger partial charge in [-0.1, -0.05) is 42.0 Å². The molecule has 3 rings (SSSR count). The van der Waals surface area contributed by atoms with Crippen molar-refractivity contribution in [1.29, 1.82) is 0 Å². The molecule has 26 heavy (non-hydrogen) atoms. The number of halogens is 1. The van der Waals surface area contributed by atoms with Crippen LogP contribution in [-0.2, 0) is 6.61 Å². The predicted octanol–water partition coefficient (Wildman–Crippen LogP) is 4.56. The van der Waals surface area contributed by atoms with E-state index in [2.05, 4.69) is 20.8 Å². The molecule has 0 unspecified atom stereocenters. The monoisotopic (exact) mass is 352 g/mol. The number of nitrogens with zero attached hydrogens (tertiary/aromatic N) is 2. The van der Waals surface area contributed by atoms with E-state index in [-0.39, 0.29) is 11.8 Å². The van der Waals surface area contributed by atoms with Gasteiger partial charge in [-0.25, -0.2) is 9.37 Å². The predicted molar refractivity (Wildman–Crippen MR) is 101 cm³/mol. The van der Waals surface area contributed by atoms with Crippen LogP contribution in [0.2, 0.25) is 0 Å². The Bertz CT molecular complexity index is 897. The summed E-state index contributed by atoms with van der Waals surface area (Å²) in [6.45, 7) is 6.30. The van der Waals surface area contributed by atoms with Gasteiger partial charge in [-0.05, 0) is 43.5 Å². The lowest BCUT2D eigenvalue weighted by Crippen LogP contribution is -2.13. The number of benzene rings is 2. The zero-order valence-corrected chi connectivity index (χ0v) is 15.0. The molecule has 0 spiro atoms. The minimum atomic E-state index is -0.564. The number of hydrazine groups is 1. The van der Waals surface area contributed by atoms with Crippen molar-refractivity contribution >= 4 is 11.5 Å². The standard InChI is InChI=1S/C20H21FN4O/c1-13-5-8-16(9-6-13)12-26-20-22-11-17(21)19(23-20)25-24-18-10-14(2)4-7-15(18)3/h4-11,24H,12H2,1-3H3,(H,22,23,25). The highest BCUT2D eigenvalue weighted by Crippen LogP contribution is 2.19. The largest absolute Gasteiger partial charge is 0.459 e. The molecule has 6 heteroatoms. The smallest absolute Gasteiger partial charge is 0.318 e. The number of aryl methyl sites for hydroxylation is 3. The average molecular weight is 352 g/mol. The summed E-state index contributed by atoms with van der Waals surface area (Å²) in [5.74, 6) is -0.537. The van der Waals surface area contributed by atoms with E-state index >= 15 is 0 Å². The molecule has 0 radical (unpaired) electrons. The summed E-state index contributed by atoms with van der Waals surface area (Å²) in [6.07, 6.45) is 1.09. The number of anilines is 2. The molecule has 5 nitrogen and oxygen atoms in total. The fraction of sp³-hybridized carbons (Fsp3) is 0.200. The average Bonchev–Trinajstić information content (AvgIpc) is 2.64. The van der Waals surface area contributed by atoms with Crippen molar-refractivity contribution in [3.05, 3.63) is 76.7 Å². The second-order valence-corrected chi connectivity index (χ2v) is 6.19. The van der Waals surface area contributed by atoms with Gasteiger partial charge in [0.2, 0.25) is 0 Å². The van der Waals surface area contributed by atoms with E-state index in [1.165, 1.54) is 5.56 Å². The molecular formula is C20H21FN4O. The number of ether oxygens (including phenoxy) is 1. The molecule has 0 aliphatic heterocycles. The van der Waals surface area contributed by atoms with E-state index in [9.17, 15) is 4.39 Å². The molecule has 134 valence electrons. The van der Waals surface area contributed by atoms with Crippen LogP contribution < -0.4 is 15.6 Å². The summed E-state index contributed by atoms with van der Waals surface area (Å²) in [5, 5.41) is 0. The molecule has 0 aliphatic rings. The van der Waals surface area contributed by atoms with Gasteiger partial charge in [-0.15, -0.1) is 0 Å². The summed E-state index contributed by atoms with van der Waals surface area (Å²) < 4.78 is 19.5. The SMILES string of the molecule is Cc1ccc(COc2ncc(F)c(NNc3cc(C)ccc3C)n2)cc1. The van der Waals surface area contributed by atoms with Gasteiger partial charge in [0.05, 0.1) is 11.9 Å². The lowest BCUT2D eigenvalue weighted by Gasteiger charge is -2.13. The highest BCUT2D eigenvalue weighted by Gasteiger charge is 2.09.